The van der Waals surface area contributed by atoms with Crippen LogP contribution in [0, 0.1) is 5.21 Å². The van der Waals surface area contributed by atoms with Crippen LogP contribution in [-0.2, 0) is 0 Å². The molecular formula is C5H10N2O2. The molecule has 1 aliphatic heterocycles. The van der Waals surface area contributed by atoms with E-state index >= 15 is 0 Å². The fourth-order valence-electron chi connectivity index (χ4n) is 0.891. The van der Waals surface area contributed by atoms with Gasteiger partial charge in [-0.15, -0.1) is 0 Å². The zero-order valence-electron chi connectivity index (χ0n) is 5.39. The summed E-state index contributed by atoms with van der Waals surface area (Å²) in [6.07, 6.45) is 0. The Bertz CT molecular complexity index is 137. The Morgan fingerprint density at radius 1 is 1.89 bits per heavy atom. The average molecular weight is 130 g/mol. The maximum atomic E-state index is 11.1. The molecule has 1 heterocycles. The number of urea groups is 1. The van der Waals surface area contributed by atoms with E-state index in [1.54, 1.807) is 6.92 Å². The largest absolute Gasteiger partial charge is 0.624 e. The highest BCUT2D eigenvalue weighted by Crippen LogP contribution is 2.07. The highest BCUT2D eigenvalue weighted by Gasteiger charge is 2.30. The predicted octanol–water partition coefficient (Wildman–Crippen LogP) is 0.0441. The summed E-state index contributed by atoms with van der Waals surface area (Å²) in [5.41, 5.74) is 0. The van der Waals surface area contributed by atoms with Gasteiger partial charge < -0.3 is 5.21 Å². The molecule has 0 bridgehead atoms. The van der Waals surface area contributed by atoms with Crippen LogP contribution in [0.25, 0.3) is 0 Å². The van der Waals surface area contributed by atoms with E-state index in [1.165, 1.54) is 0 Å². The molecular weight excluding hydrogens is 120 g/mol. The van der Waals surface area contributed by atoms with Gasteiger partial charge in [0, 0.05) is 0 Å². The van der Waals surface area contributed by atoms with Crippen LogP contribution in [0.15, 0.2) is 0 Å². The summed E-state index contributed by atoms with van der Waals surface area (Å²) in [6, 6.07) is -0.391. The standard InChI is InChI=1S/C5H10N2O2/c1-2-7(9)4-3-6-5(7)8/h2-4H2,1H3,(H,6,8). The van der Waals surface area contributed by atoms with Crippen LogP contribution in [0.1, 0.15) is 6.92 Å². The van der Waals surface area contributed by atoms with Crippen molar-refractivity contribution >= 4 is 6.03 Å². The monoisotopic (exact) mass is 130 g/mol. The third kappa shape index (κ3) is 0.906. The molecule has 52 valence electrons. The number of hydrogen-bond acceptors (Lipinski definition) is 2. The zero-order chi connectivity index (χ0) is 6.91. The summed E-state index contributed by atoms with van der Waals surface area (Å²) < 4.78 is -0.694. The summed E-state index contributed by atoms with van der Waals surface area (Å²) in [6.45, 7) is 2.97. The Balaban J connectivity index is 2.67. The minimum Gasteiger partial charge on any atom is -0.624 e. The molecule has 1 N–H and O–H groups in total. The Morgan fingerprint density at radius 2 is 2.56 bits per heavy atom. The van der Waals surface area contributed by atoms with Crippen LogP contribution in [-0.4, -0.2) is 30.3 Å². The molecule has 0 saturated carbocycles. The van der Waals surface area contributed by atoms with E-state index in [9.17, 15) is 10.0 Å². The molecule has 1 aliphatic rings. The number of hydroxylamine groups is 3. The number of rotatable bonds is 1. The molecule has 1 fully saturated rings. The van der Waals surface area contributed by atoms with Gasteiger partial charge in [0.25, 0.3) is 0 Å². The molecule has 0 aromatic carbocycles. The molecule has 0 aromatic heterocycles. The molecule has 1 rings (SSSR count). The molecule has 0 radical (unpaired) electrons. The van der Waals surface area contributed by atoms with E-state index in [-0.39, 0.29) is 0 Å². The second kappa shape index (κ2) is 1.97. The molecule has 1 unspecified atom stereocenters. The van der Waals surface area contributed by atoms with Crippen LogP contribution in [0.5, 0.6) is 0 Å². The van der Waals surface area contributed by atoms with Crippen molar-refractivity contribution in [1.29, 1.82) is 0 Å². The molecule has 0 spiro atoms. The summed E-state index contributed by atoms with van der Waals surface area (Å²) in [5.74, 6) is 0. The normalized spacial score (nSPS) is 34.7. The molecule has 1 saturated heterocycles. The lowest BCUT2D eigenvalue weighted by atomic mass is 10.5. The van der Waals surface area contributed by atoms with Gasteiger partial charge in [0.15, 0.2) is 0 Å². The fourth-order valence-corrected chi connectivity index (χ4v) is 0.891. The van der Waals surface area contributed by atoms with Gasteiger partial charge >= 0.3 is 6.03 Å². The molecule has 4 nitrogen and oxygen atoms in total. The summed E-state index contributed by atoms with van der Waals surface area (Å²) >= 11 is 0. The van der Waals surface area contributed by atoms with Crippen molar-refractivity contribution in [2.75, 3.05) is 19.6 Å². The number of hydrogen-bond donors (Lipinski definition) is 1. The van der Waals surface area contributed by atoms with Gasteiger partial charge in [-0.3, -0.25) is 9.96 Å². The molecule has 2 amide bonds. The number of quaternary nitrogens is 1. The highest BCUT2D eigenvalue weighted by atomic mass is 16.6. The lowest BCUT2D eigenvalue weighted by Gasteiger charge is -2.31. The first-order valence-electron chi connectivity index (χ1n) is 3.05. The van der Waals surface area contributed by atoms with Crippen molar-refractivity contribution in [2.24, 2.45) is 0 Å². The Morgan fingerprint density at radius 3 is 2.78 bits per heavy atom. The third-order valence-electron chi connectivity index (χ3n) is 1.63. The minimum absolute atomic E-state index is 0.339. The van der Waals surface area contributed by atoms with Gasteiger partial charge in [0.2, 0.25) is 0 Å². The highest BCUT2D eigenvalue weighted by molar-refractivity contribution is 5.68. The van der Waals surface area contributed by atoms with Crippen LogP contribution < -0.4 is 5.32 Å². The van der Waals surface area contributed by atoms with E-state index in [4.69, 9.17) is 0 Å². The number of nitrogens with zero attached hydrogens (tertiary/aromatic N) is 1. The van der Waals surface area contributed by atoms with Crippen molar-refractivity contribution in [2.45, 2.75) is 6.92 Å². The molecule has 0 aliphatic carbocycles. The third-order valence-corrected chi connectivity index (χ3v) is 1.63. The van der Waals surface area contributed by atoms with Crippen molar-refractivity contribution in [3.63, 3.8) is 0 Å². The topological polar surface area (TPSA) is 52.2 Å². The Hall–Kier alpha value is -0.610. The summed E-state index contributed by atoms with van der Waals surface area (Å²) in [4.78, 5) is 10.7. The average Bonchev–Trinajstić information content (AvgIpc) is 2.15. The van der Waals surface area contributed by atoms with Crippen molar-refractivity contribution in [1.82, 2.24) is 5.32 Å². The van der Waals surface area contributed by atoms with Crippen LogP contribution >= 0.6 is 0 Å². The summed E-state index contributed by atoms with van der Waals surface area (Å²) in [5, 5.41) is 13.6. The van der Waals surface area contributed by atoms with E-state index in [2.05, 4.69) is 5.32 Å². The first kappa shape index (κ1) is 6.51. The molecule has 4 heteroatoms. The van der Waals surface area contributed by atoms with E-state index in [0.29, 0.717) is 19.6 Å². The molecule has 0 aromatic rings. The number of amides is 2. The van der Waals surface area contributed by atoms with E-state index in [0.717, 1.165) is 0 Å². The van der Waals surface area contributed by atoms with Gasteiger partial charge in [-0.1, -0.05) is 0 Å². The van der Waals surface area contributed by atoms with Crippen molar-refractivity contribution in [3.05, 3.63) is 5.21 Å². The SMILES string of the molecule is CC[N+]1([O-])CCNC1=O. The van der Waals surface area contributed by atoms with Crippen molar-refractivity contribution in [3.8, 4) is 0 Å². The fraction of sp³-hybridized carbons (Fsp3) is 0.800. The van der Waals surface area contributed by atoms with Gasteiger partial charge in [-0.05, 0) is 6.92 Å². The number of nitrogens with one attached hydrogen (secondary N) is 1. The van der Waals surface area contributed by atoms with Gasteiger partial charge in [0.05, 0.1) is 13.1 Å². The first-order valence-corrected chi connectivity index (χ1v) is 3.05. The van der Waals surface area contributed by atoms with Crippen LogP contribution in [0.2, 0.25) is 0 Å². The summed E-state index contributed by atoms with van der Waals surface area (Å²) in [7, 11) is 0. The number of likely N-dealkylation sites (N-methyl/N-ethyl adjacent to an activating group) is 1. The van der Waals surface area contributed by atoms with E-state index in [1.807, 2.05) is 0 Å². The second-order valence-electron chi connectivity index (χ2n) is 2.16. The van der Waals surface area contributed by atoms with Crippen LogP contribution in [0.4, 0.5) is 4.79 Å². The lowest BCUT2D eigenvalue weighted by Crippen LogP contribution is -2.44. The van der Waals surface area contributed by atoms with Gasteiger partial charge in [-0.25, -0.2) is 4.79 Å². The maximum absolute atomic E-state index is 11.1. The van der Waals surface area contributed by atoms with Gasteiger partial charge in [0.1, 0.15) is 6.54 Å². The molecule has 9 heavy (non-hydrogen) atoms. The maximum Gasteiger partial charge on any atom is 0.416 e. The second-order valence-corrected chi connectivity index (χ2v) is 2.16. The van der Waals surface area contributed by atoms with E-state index < -0.39 is 10.7 Å². The first-order chi connectivity index (χ1) is 4.19. The van der Waals surface area contributed by atoms with Crippen LogP contribution in [0.3, 0.4) is 0 Å². The number of carbonyl (C=O) groups excluding carboxylic acids is 1. The quantitative estimate of drug-likeness (QED) is 0.402. The lowest BCUT2D eigenvalue weighted by molar-refractivity contribution is -0.786. The molecule has 1 atom stereocenters. The predicted molar refractivity (Wildman–Crippen MR) is 32.4 cm³/mol. The smallest absolute Gasteiger partial charge is 0.416 e. The Labute approximate surface area is 53.6 Å². The van der Waals surface area contributed by atoms with Crippen molar-refractivity contribution < 1.29 is 9.44 Å². The zero-order valence-corrected chi connectivity index (χ0v) is 5.39. The van der Waals surface area contributed by atoms with Gasteiger partial charge in [-0.2, -0.15) is 0 Å². The Kier molecular flexibility index (Phi) is 1.42. The number of carbonyl (C=O) groups is 1. The minimum atomic E-state index is -0.694.